The first kappa shape index (κ1) is 16.0. The molecule has 0 bridgehead atoms. The molecule has 2 rings (SSSR count). The summed E-state index contributed by atoms with van der Waals surface area (Å²) in [7, 11) is -1.14. The lowest BCUT2D eigenvalue weighted by molar-refractivity contribution is -0.117. The van der Waals surface area contributed by atoms with E-state index in [1.807, 2.05) is 18.7 Å². The van der Waals surface area contributed by atoms with Crippen LogP contribution < -0.4 is 5.32 Å². The van der Waals surface area contributed by atoms with Crippen molar-refractivity contribution in [1.82, 2.24) is 14.7 Å². The van der Waals surface area contributed by atoms with Gasteiger partial charge in [0.1, 0.15) is 0 Å². The van der Waals surface area contributed by atoms with E-state index in [1.165, 1.54) is 0 Å². The summed E-state index contributed by atoms with van der Waals surface area (Å²) in [6, 6.07) is -0.0549. The molecule has 0 aromatic carbocycles. The van der Waals surface area contributed by atoms with Gasteiger partial charge in [-0.2, -0.15) is 5.10 Å². The van der Waals surface area contributed by atoms with E-state index >= 15 is 0 Å². The molecule has 1 amide bonds. The average molecular weight is 314 g/mol. The first-order valence-electron chi connectivity index (χ1n) is 7.05. The van der Waals surface area contributed by atoms with Gasteiger partial charge in [0.2, 0.25) is 5.91 Å². The van der Waals surface area contributed by atoms with Crippen molar-refractivity contribution < 1.29 is 13.2 Å². The molecule has 1 saturated heterocycles. The van der Waals surface area contributed by atoms with Crippen LogP contribution in [-0.4, -0.2) is 59.6 Å². The minimum atomic E-state index is -2.94. The highest BCUT2D eigenvalue weighted by molar-refractivity contribution is 7.91. The minimum absolute atomic E-state index is 0.0549. The Morgan fingerprint density at radius 1 is 1.57 bits per heavy atom. The molecule has 1 N–H and O–H groups in total. The highest BCUT2D eigenvalue weighted by Gasteiger charge is 2.32. The second-order valence-electron chi connectivity index (χ2n) is 5.47. The number of likely N-dealkylation sites (N-methyl/N-ethyl adjacent to an activating group) is 1. The number of hydrogen-bond donors (Lipinski definition) is 1. The maximum Gasteiger partial charge on any atom is 0.238 e. The van der Waals surface area contributed by atoms with Crippen LogP contribution in [0.2, 0.25) is 0 Å². The van der Waals surface area contributed by atoms with E-state index < -0.39 is 9.84 Å². The van der Waals surface area contributed by atoms with Crippen molar-refractivity contribution in [2.45, 2.75) is 26.3 Å². The summed E-state index contributed by atoms with van der Waals surface area (Å²) in [6.45, 7) is 4.62. The van der Waals surface area contributed by atoms with Crippen molar-refractivity contribution in [2.24, 2.45) is 7.05 Å². The molecule has 118 valence electrons. The monoisotopic (exact) mass is 314 g/mol. The third kappa shape index (κ3) is 4.04. The van der Waals surface area contributed by atoms with Crippen molar-refractivity contribution >= 4 is 21.4 Å². The van der Waals surface area contributed by atoms with Crippen LogP contribution >= 0.6 is 0 Å². The number of sulfone groups is 1. The molecule has 0 radical (unpaired) electrons. The number of nitrogens with zero attached hydrogens (tertiary/aromatic N) is 3. The summed E-state index contributed by atoms with van der Waals surface area (Å²) in [6.07, 6.45) is 2.36. The number of anilines is 1. The summed E-state index contributed by atoms with van der Waals surface area (Å²) >= 11 is 0. The standard InChI is InChI=1S/C13H22N4O3S/c1-4-17(11-5-6-21(19,20)9-11)8-13(18)14-12-7-16(3)15-10(12)2/h7,11H,4-6,8-9H2,1-3H3,(H,14,18). The predicted octanol–water partition coefficient (Wildman–Crippen LogP) is 0.176. The largest absolute Gasteiger partial charge is 0.322 e. The zero-order chi connectivity index (χ0) is 15.6. The van der Waals surface area contributed by atoms with E-state index in [4.69, 9.17) is 0 Å². The molecule has 1 aliphatic rings. The van der Waals surface area contributed by atoms with Crippen molar-refractivity contribution in [3.63, 3.8) is 0 Å². The number of nitrogens with one attached hydrogen (secondary N) is 1. The summed E-state index contributed by atoms with van der Waals surface area (Å²) < 4.78 is 24.7. The molecule has 1 aliphatic heterocycles. The van der Waals surface area contributed by atoms with Crippen molar-refractivity contribution in [1.29, 1.82) is 0 Å². The normalized spacial score (nSPS) is 20.9. The number of aryl methyl sites for hydroxylation is 2. The zero-order valence-electron chi connectivity index (χ0n) is 12.7. The van der Waals surface area contributed by atoms with Gasteiger partial charge in [0, 0.05) is 19.3 Å². The topological polar surface area (TPSA) is 84.3 Å². The average Bonchev–Trinajstić information content (AvgIpc) is 2.89. The quantitative estimate of drug-likeness (QED) is 0.838. The molecule has 1 fully saturated rings. The summed E-state index contributed by atoms with van der Waals surface area (Å²) in [4.78, 5) is 14.0. The first-order chi connectivity index (χ1) is 9.80. The molecule has 21 heavy (non-hydrogen) atoms. The SMILES string of the molecule is CCN(CC(=O)Nc1cn(C)nc1C)C1CCS(=O)(=O)C1. The second-order valence-corrected chi connectivity index (χ2v) is 7.70. The van der Waals surface area contributed by atoms with Gasteiger partial charge < -0.3 is 5.32 Å². The Bertz CT molecular complexity index is 623. The van der Waals surface area contributed by atoms with Gasteiger partial charge in [-0.1, -0.05) is 6.92 Å². The fraction of sp³-hybridized carbons (Fsp3) is 0.692. The van der Waals surface area contributed by atoms with E-state index in [0.717, 1.165) is 5.69 Å². The van der Waals surface area contributed by atoms with Crippen molar-refractivity contribution in [2.75, 3.05) is 29.9 Å². The number of amides is 1. The Morgan fingerprint density at radius 2 is 2.29 bits per heavy atom. The predicted molar refractivity (Wildman–Crippen MR) is 80.9 cm³/mol. The zero-order valence-corrected chi connectivity index (χ0v) is 13.5. The molecule has 0 saturated carbocycles. The van der Waals surface area contributed by atoms with Crippen LogP contribution in [0, 0.1) is 6.92 Å². The van der Waals surface area contributed by atoms with Gasteiger partial charge in [0.25, 0.3) is 0 Å². The summed E-state index contributed by atoms with van der Waals surface area (Å²) in [5, 5.41) is 7.00. The molecule has 8 heteroatoms. The van der Waals surface area contributed by atoms with Crippen LogP contribution in [0.25, 0.3) is 0 Å². The van der Waals surface area contributed by atoms with Crippen molar-refractivity contribution in [3.05, 3.63) is 11.9 Å². The molecular formula is C13H22N4O3S. The lowest BCUT2D eigenvalue weighted by Gasteiger charge is -2.25. The molecule has 7 nitrogen and oxygen atoms in total. The Kier molecular flexibility index (Phi) is 4.67. The maximum absolute atomic E-state index is 12.1. The fourth-order valence-electron chi connectivity index (χ4n) is 2.66. The number of rotatable bonds is 5. The maximum atomic E-state index is 12.1. The number of carbonyl (C=O) groups is 1. The minimum Gasteiger partial charge on any atom is -0.322 e. The molecule has 0 aliphatic carbocycles. The van der Waals surface area contributed by atoms with Crippen LogP contribution in [0.15, 0.2) is 6.20 Å². The van der Waals surface area contributed by atoms with Gasteiger partial charge in [0.15, 0.2) is 9.84 Å². The van der Waals surface area contributed by atoms with E-state index in [2.05, 4.69) is 10.4 Å². The smallest absolute Gasteiger partial charge is 0.238 e. The third-order valence-electron chi connectivity index (χ3n) is 3.77. The molecule has 0 spiro atoms. The summed E-state index contributed by atoms with van der Waals surface area (Å²) in [5.74, 6) is 0.231. The Hall–Kier alpha value is -1.41. The molecule has 1 aromatic rings. The van der Waals surface area contributed by atoms with Gasteiger partial charge >= 0.3 is 0 Å². The van der Waals surface area contributed by atoms with Gasteiger partial charge in [-0.3, -0.25) is 14.4 Å². The summed E-state index contributed by atoms with van der Waals surface area (Å²) in [5.41, 5.74) is 1.45. The van der Waals surface area contributed by atoms with E-state index in [1.54, 1.807) is 17.9 Å². The molecule has 1 aromatic heterocycles. The molecule has 1 atom stereocenters. The Labute approximate surface area is 125 Å². The molecule has 1 unspecified atom stereocenters. The van der Waals surface area contributed by atoms with Gasteiger partial charge in [0.05, 0.1) is 29.4 Å². The van der Waals surface area contributed by atoms with Gasteiger partial charge in [-0.05, 0) is 19.9 Å². The highest BCUT2D eigenvalue weighted by Crippen LogP contribution is 2.18. The van der Waals surface area contributed by atoms with Gasteiger partial charge in [-0.25, -0.2) is 8.42 Å². The van der Waals surface area contributed by atoms with Crippen molar-refractivity contribution in [3.8, 4) is 0 Å². The second kappa shape index (κ2) is 6.15. The number of aromatic nitrogens is 2. The van der Waals surface area contributed by atoms with E-state index in [0.29, 0.717) is 18.7 Å². The Morgan fingerprint density at radius 3 is 2.76 bits per heavy atom. The highest BCUT2D eigenvalue weighted by atomic mass is 32.2. The van der Waals surface area contributed by atoms with Crippen LogP contribution in [0.5, 0.6) is 0 Å². The van der Waals surface area contributed by atoms with Crippen LogP contribution in [0.4, 0.5) is 5.69 Å². The number of hydrogen-bond acceptors (Lipinski definition) is 5. The molecular weight excluding hydrogens is 292 g/mol. The number of carbonyl (C=O) groups excluding carboxylic acids is 1. The van der Waals surface area contributed by atoms with Gasteiger partial charge in [-0.15, -0.1) is 0 Å². The van der Waals surface area contributed by atoms with Crippen LogP contribution in [0.3, 0.4) is 0 Å². The van der Waals surface area contributed by atoms with E-state index in [9.17, 15) is 13.2 Å². The fourth-order valence-corrected chi connectivity index (χ4v) is 4.42. The lowest BCUT2D eigenvalue weighted by atomic mass is 10.2. The van der Waals surface area contributed by atoms with Crippen LogP contribution in [0.1, 0.15) is 19.0 Å². The van der Waals surface area contributed by atoms with Crippen LogP contribution in [-0.2, 0) is 21.7 Å². The first-order valence-corrected chi connectivity index (χ1v) is 8.87. The third-order valence-corrected chi connectivity index (χ3v) is 5.52. The lowest BCUT2D eigenvalue weighted by Crippen LogP contribution is -2.41. The molecule has 2 heterocycles. The Balaban J connectivity index is 1.96. The van der Waals surface area contributed by atoms with E-state index in [-0.39, 0.29) is 30.0 Å².